The molecule has 0 aliphatic carbocycles. The lowest BCUT2D eigenvalue weighted by molar-refractivity contribution is -0.00387. The fourth-order valence-electron chi connectivity index (χ4n) is 5.06. The summed E-state index contributed by atoms with van der Waals surface area (Å²) in [7, 11) is 2.23. The second kappa shape index (κ2) is 21.4. The van der Waals surface area contributed by atoms with Crippen LogP contribution in [0.3, 0.4) is 0 Å². The summed E-state index contributed by atoms with van der Waals surface area (Å²) >= 11 is 0. The highest BCUT2D eigenvalue weighted by Gasteiger charge is 2.14. The van der Waals surface area contributed by atoms with Crippen LogP contribution in [0.1, 0.15) is 55.3 Å². The molecule has 1 aliphatic rings. The number of hydrogen-bond acceptors (Lipinski definition) is 9. The molecule has 0 amide bonds. The highest BCUT2D eigenvalue weighted by atomic mass is 16.6. The van der Waals surface area contributed by atoms with Crippen molar-refractivity contribution in [3.8, 4) is 5.75 Å². The lowest BCUT2D eigenvalue weighted by Gasteiger charge is -2.24. The van der Waals surface area contributed by atoms with Crippen molar-refractivity contribution < 1.29 is 23.7 Å². The van der Waals surface area contributed by atoms with Crippen molar-refractivity contribution in [3.05, 3.63) is 53.2 Å². The molecule has 0 fully saturated rings. The minimum absolute atomic E-state index is 0.475. The summed E-state index contributed by atoms with van der Waals surface area (Å²) < 4.78 is 27.8. The van der Waals surface area contributed by atoms with Crippen LogP contribution in [0.15, 0.2) is 36.4 Å². The van der Waals surface area contributed by atoms with E-state index in [4.69, 9.17) is 34.4 Å². The molecule has 2 aromatic rings. The quantitative estimate of drug-likeness (QED) is 0.175. The molecule has 9 nitrogen and oxygen atoms in total. The first kappa shape index (κ1) is 34.2. The monoisotopic (exact) mass is 586 g/mol. The average Bonchev–Trinajstić information content (AvgIpc) is 3.02. The number of nitrogens with one attached hydrogen (secondary N) is 1. The molecule has 0 bridgehead atoms. The zero-order chi connectivity index (χ0) is 29.7. The van der Waals surface area contributed by atoms with Gasteiger partial charge in [0.25, 0.3) is 0 Å². The normalized spacial score (nSPS) is 13.6. The Morgan fingerprint density at radius 3 is 2.33 bits per heavy atom. The SMILES string of the molecule is CCC(CN(C)CCCCc1ccc2c(n1)NCCC2)c1cccc(OCCOCCOCCOCCOCCN)c1. The number of ether oxygens (including phenoxy) is 5. The highest BCUT2D eigenvalue weighted by molar-refractivity contribution is 5.47. The van der Waals surface area contributed by atoms with E-state index in [0.29, 0.717) is 71.9 Å². The number of anilines is 1. The van der Waals surface area contributed by atoms with E-state index in [1.807, 2.05) is 6.07 Å². The van der Waals surface area contributed by atoms with Crippen LogP contribution in [0.2, 0.25) is 0 Å². The number of aryl methyl sites for hydroxylation is 2. The summed E-state index contributed by atoms with van der Waals surface area (Å²) in [5.41, 5.74) is 9.26. The van der Waals surface area contributed by atoms with E-state index < -0.39 is 0 Å². The van der Waals surface area contributed by atoms with Gasteiger partial charge in [0, 0.05) is 25.3 Å². The number of nitrogens with two attached hydrogens (primary N) is 1. The van der Waals surface area contributed by atoms with Gasteiger partial charge in [-0.05, 0) is 87.4 Å². The van der Waals surface area contributed by atoms with E-state index in [1.165, 1.54) is 29.7 Å². The molecule has 0 spiro atoms. The maximum atomic E-state index is 5.97. The van der Waals surface area contributed by atoms with Crippen LogP contribution in [0.5, 0.6) is 5.75 Å². The molecule has 1 atom stereocenters. The molecule has 9 heteroatoms. The fourth-order valence-corrected chi connectivity index (χ4v) is 5.06. The Balaban J connectivity index is 1.24. The number of benzene rings is 1. The molecule has 1 aromatic heterocycles. The number of unbranched alkanes of at least 4 members (excludes halogenated alkanes) is 1. The minimum atomic E-state index is 0.475. The van der Waals surface area contributed by atoms with E-state index >= 15 is 0 Å². The summed E-state index contributed by atoms with van der Waals surface area (Å²) in [6, 6.07) is 13.0. The van der Waals surface area contributed by atoms with Crippen LogP contribution in [0.25, 0.3) is 0 Å². The Labute approximate surface area is 253 Å². The zero-order valence-corrected chi connectivity index (χ0v) is 26.0. The molecule has 0 radical (unpaired) electrons. The number of aromatic nitrogens is 1. The molecule has 1 unspecified atom stereocenters. The third kappa shape index (κ3) is 13.8. The van der Waals surface area contributed by atoms with E-state index in [9.17, 15) is 0 Å². The van der Waals surface area contributed by atoms with Crippen LogP contribution < -0.4 is 15.8 Å². The Hall–Kier alpha value is -2.27. The van der Waals surface area contributed by atoms with Gasteiger partial charge in [-0.3, -0.25) is 0 Å². The lowest BCUT2D eigenvalue weighted by atomic mass is 9.95. The van der Waals surface area contributed by atoms with Crippen molar-refractivity contribution >= 4 is 5.82 Å². The van der Waals surface area contributed by atoms with Crippen molar-refractivity contribution in [2.45, 2.75) is 51.4 Å². The van der Waals surface area contributed by atoms with Crippen molar-refractivity contribution in [2.75, 3.05) is 98.0 Å². The van der Waals surface area contributed by atoms with E-state index in [2.05, 4.69) is 54.5 Å². The molecular formula is C33H54N4O5. The number of fused-ring (bicyclic) bond motifs is 1. The van der Waals surface area contributed by atoms with Gasteiger partial charge in [0.15, 0.2) is 0 Å². The summed E-state index contributed by atoms with van der Waals surface area (Å²) in [4.78, 5) is 7.30. The van der Waals surface area contributed by atoms with E-state index in [1.54, 1.807) is 0 Å². The second-order valence-corrected chi connectivity index (χ2v) is 10.8. The maximum absolute atomic E-state index is 5.97. The Kier molecular flexibility index (Phi) is 17.5. The Bertz CT molecular complexity index is 979. The molecule has 0 saturated carbocycles. The molecule has 42 heavy (non-hydrogen) atoms. The Morgan fingerprint density at radius 1 is 0.905 bits per heavy atom. The summed E-state index contributed by atoms with van der Waals surface area (Å²) in [6.07, 6.45) is 6.81. The van der Waals surface area contributed by atoms with Gasteiger partial charge in [-0.1, -0.05) is 25.1 Å². The fraction of sp³-hybridized carbons (Fsp3) is 0.667. The molecule has 3 rings (SSSR count). The highest BCUT2D eigenvalue weighted by Crippen LogP contribution is 2.25. The van der Waals surface area contributed by atoms with Gasteiger partial charge in [-0.15, -0.1) is 0 Å². The van der Waals surface area contributed by atoms with Crippen LogP contribution in [0.4, 0.5) is 5.82 Å². The van der Waals surface area contributed by atoms with Crippen molar-refractivity contribution in [1.29, 1.82) is 0 Å². The molecule has 0 saturated heterocycles. The summed E-state index contributed by atoms with van der Waals surface area (Å²) in [6.45, 7) is 10.9. The maximum Gasteiger partial charge on any atom is 0.129 e. The van der Waals surface area contributed by atoms with Crippen molar-refractivity contribution in [2.24, 2.45) is 5.73 Å². The first-order chi connectivity index (χ1) is 20.7. The largest absolute Gasteiger partial charge is 0.491 e. The van der Waals surface area contributed by atoms with Gasteiger partial charge in [0.05, 0.1) is 52.9 Å². The van der Waals surface area contributed by atoms with Crippen LogP contribution in [0, 0.1) is 0 Å². The van der Waals surface area contributed by atoms with Crippen LogP contribution in [-0.4, -0.2) is 103 Å². The first-order valence-electron chi connectivity index (χ1n) is 15.8. The van der Waals surface area contributed by atoms with Gasteiger partial charge in [0.1, 0.15) is 18.2 Å². The minimum Gasteiger partial charge on any atom is -0.491 e. The van der Waals surface area contributed by atoms with E-state index in [-0.39, 0.29) is 0 Å². The smallest absolute Gasteiger partial charge is 0.129 e. The molecule has 236 valence electrons. The standard InChI is InChI=1S/C33H54N4O5/c1-3-28(27-37(2)16-5-4-10-31-13-12-29-9-7-15-35-33(29)36-31)30-8-6-11-32(26-30)42-25-24-41-23-22-40-21-20-39-19-18-38-17-14-34/h6,8,11-13,26,28H,3-5,7,9-10,14-25,27,34H2,1-2H3,(H,35,36). The molecule has 3 N–H and O–H groups in total. The molecular weight excluding hydrogens is 532 g/mol. The topological polar surface area (TPSA) is 100 Å². The Morgan fingerprint density at radius 2 is 1.62 bits per heavy atom. The first-order valence-corrected chi connectivity index (χ1v) is 15.8. The van der Waals surface area contributed by atoms with Gasteiger partial charge < -0.3 is 39.6 Å². The van der Waals surface area contributed by atoms with Crippen molar-refractivity contribution in [3.63, 3.8) is 0 Å². The summed E-state index contributed by atoms with van der Waals surface area (Å²) in [5.74, 6) is 2.47. The number of pyridine rings is 1. The molecule has 1 aliphatic heterocycles. The average molecular weight is 587 g/mol. The molecule has 2 heterocycles. The van der Waals surface area contributed by atoms with Gasteiger partial charge in [0.2, 0.25) is 0 Å². The number of nitrogens with zero attached hydrogens (tertiary/aromatic N) is 2. The van der Waals surface area contributed by atoms with Gasteiger partial charge >= 0.3 is 0 Å². The predicted octanol–water partition coefficient (Wildman–Crippen LogP) is 4.29. The molecule has 1 aromatic carbocycles. The summed E-state index contributed by atoms with van der Waals surface area (Å²) in [5, 5.41) is 3.45. The van der Waals surface area contributed by atoms with Crippen molar-refractivity contribution in [1.82, 2.24) is 9.88 Å². The second-order valence-electron chi connectivity index (χ2n) is 10.8. The predicted molar refractivity (Wildman–Crippen MR) is 169 cm³/mol. The lowest BCUT2D eigenvalue weighted by Crippen LogP contribution is -2.25. The zero-order valence-electron chi connectivity index (χ0n) is 26.0. The van der Waals surface area contributed by atoms with E-state index in [0.717, 1.165) is 56.9 Å². The third-order valence-electron chi connectivity index (χ3n) is 7.40. The van der Waals surface area contributed by atoms with Crippen LogP contribution in [-0.2, 0) is 31.8 Å². The van der Waals surface area contributed by atoms with Gasteiger partial charge in [-0.25, -0.2) is 4.98 Å². The van der Waals surface area contributed by atoms with Crippen LogP contribution >= 0.6 is 0 Å². The number of hydrogen-bond donors (Lipinski definition) is 2. The number of likely N-dealkylation sites (N-methyl/N-ethyl adjacent to an activating group) is 1. The van der Waals surface area contributed by atoms with Gasteiger partial charge in [-0.2, -0.15) is 0 Å². The third-order valence-corrected chi connectivity index (χ3v) is 7.40. The number of rotatable bonds is 24.